The number of benzene rings is 2. The van der Waals surface area contributed by atoms with E-state index in [0.717, 1.165) is 54.8 Å². The second-order valence-electron chi connectivity index (χ2n) is 7.09. The van der Waals surface area contributed by atoms with Crippen molar-refractivity contribution in [3.8, 4) is 11.5 Å². The number of fused-ring (bicyclic) bond motifs is 2. The fourth-order valence-electron chi connectivity index (χ4n) is 3.64. The molecule has 0 radical (unpaired) electrons. The maximum atomic E-state index is 13.5. The van der Waals surface area contributed by atoms with Crippen LogP contribution in [0.1, 0.15) is 18.4 Å². The summed E-state index contributed by atoms with van der Waals surface area (Å²) in [5.74, 6) is 1.46. The molecule has 0 bridgehead atoms. The predicted molar refractivity (Wildman–Crippen MR) is 105 cm³/mol. The number of halogens is 1. The quantitative estimate of drug-likeness (QED) is 0.639. The number of para-hydroxylation sites is 2. The third-order valence-electron chi connectivity index (χ3n) is 5.02. The maximum absolute atomic E-state index is 13.5. The number of nitrogens with zero attached hydrogens (tertiary/aromatic N) is 1. The van der Waals surface area contributed by atoms with Gasteiger partial charge in [0.05, 0.1) is 0 Å². The molecule has 1 aliphatic rings. The Bertz CT molecular complexity index is 922. The zero-order valence-electron chi connectivity index (χ0n) is 15.6. The molecule has 0 saturated carbocycles. The van der Waals surface area contributed by atoms with E-state index in [4.69, 9.17) is 9.47 Å². The van der Waals surface area contributed by atoms with E-state index in [1.165, 1.54) is 11.6 Å². The summed E-state index contributed by atoms with van der Waals surface area (Å²) in [7, 11) is 2.01. The van der Waals surface area contributed by atoms with E-state index in [9.17, 15) is 4.39 Å². The van der Waals surface area contributed by atoms with Crippen LogP contribution in [0.4, 0.5) is 4.39 Å². The van der Waals surface area contributed by atoms with Gasteiger partial charge in [-0.1, -0.05) is 12.1 Å². The fourth-order valence-corrected chi connectivity index (χ4v) is 3.64. The summed E-state index contributed by atoms with van der Waals surface area (Å²) >= 11 is 0. The van der Waals surface area contributed by atoms with E-state index in [-0.39, 0.29) is 11.9 Å². The predicted octanol–water partition coefficient (Wildman–Crippen LogP) is 4.07. The molecule has 1 aromatic heterocycles. The third kappa shape index (κ3) is 4.08. The molecule has 5 heteroatoms. The number of aromatic nitrogens is 1. The van der Waals surface area contributed by atoms with Crippen LogP contribution in [0.15, 0.2) is 48.7 Å². The normalized spacial score (nSPS) is 16.0. The Labute approximate surface area is 158 Å². The first-order valence-electron chi connectivity index (χ1n) is 9.53. The van der Waals surface area contributed by atoms with Gasteiger partial charge in [0.2, 0.25) is 0 Å². The smallest absolute Gasteiger partial charge is 0.161 e. The molecule has 4 rings (SSSR count). The average molecular weight is 368 g/mol. The van der Waals surface area contributed by atoms with Gasteiger partial charge < -0.3 is 19.4 Å². The minimum absolute atomic E-state index is 0.0425. The topological polar surface area (TPSA) is 35.4 Å². The van der Waals surface area contributed by atoms with Gasteiger partial charge in [-0.2, -0.15) is 0 Å². The van der Waals surface area contributed by atoms with Crippen LogP contribution in [-0.2, 0) is 13.5 Å². The number of ether oxygens (including phenoxy) is 2. The highest BCUT2D eigenvalue weighted by Gasteiger charge is 2.19. The number of hydrogen-bond donors (Lipinski definition) is 1. The minimum atomic E-state index is -0.173. The summed E-state index contributed by atoms with van der Waals surface area (Å²) in [4.78, 5) is 0. The van der Waals surface area contributed by atoms with Gasteiger partial charge in [-0.25, -0.2) is 4.39 Å². The van der Waals surface area contributed by atoms with Crippen LogP contribution >= 0.6 is 0 Å². The lowest BCUT2D eigenvalue weighted by Gasteiger charge is -2.26. The van der Waals surface area contributed by atoms with Crippen LogP contribution in [0.3, 0.4) is 0 Å². The number of unbranched alkanes of at least 4 members (excludes halogenated alkanes) is 1. The molecular weight excluding hydrogens is 343 g/mol. The van der Waals surface area contributed by atoms with Crippen molar-refractivity contribution < 1.29 is 13.9 Å². The molecule has 1 atom stereocenters. The second kappa shape index (κ2) is 8.01. The molecule has 27 heavy (non-hydrogen) atoms. The zero-order chi connectivity index (χ0) is 18.6. The molecule has 1 unspecified atom stereocenters. The Hall–Kier alpha value is -2.53. The van der Waals surface area contributed by atoms with Gasteiger partial charge >= 0.3 is 0 Å². The zero-order valence-corrected chi connectivity index (χ0v) is 15.6. The molecule has 1 N–H and O–H groups in total. The molecule has 2 heterocycles. The van der Waals surface area contributed by atoms with Crippen LogP contribution in [0.5, 0.6) is 11.5 Å². The highest BCUT2D eigenvalue weighted by atomic mass is 19.1. The fraction of sp³-hybridized carbons (Fsp3) is 0.364. The van der Waals surface area contributed by atoms with E-state index in [1.54, 1.807) is 6.07 Å². The van der Waals surface area contributed by atoms with E-state index >= 15 is 0 Å². The van der Waals surface area contributed by atoms with Gasteiger partial charge in [-0.15, -0.1) is 0 Å². The summed E-state index contributed by atoms with van der Waals surface area (Å²) in [5.41, 5.74) is 2.30. The van der Waals surface area contributed by atoms with Crippen molar-refractivity contribution in [3.63, 3.8) is 0 Å². The molecule has 142 valence electrons. The molecule has 2 aromatic carbocycles. The standard InChI is InChI=1S/C22H25FN2O2/c1-25-14-16(19-12-17(23)9-10-20(19)25)6-4-5-11-24-13-18-15-26-21-7-2-3-8-22(21)27-18/h2-3,7-10,12,14,18,24H,4-6,11,13,15H2,1H3. The first-order valence-corrected chi connectivity index (χ1v) is 9.53. The number of aryl methyl sites for hydroxylation is 2. The van der Waals surface area contributed by atoms with Gasteiger partial charge in [-0.3, -0.25) is 0 Å². The minimum Gasteiger partial charge on any atom is -0.486 e. The van der Waals surface area contributed by atoms with Gasteiger partial charge in [0.15, 0.2) is 11.5 Å². The molecular formula is C22H25FN2O2. The van der Waals surface area contributed by atoms with Crippen LogP contribution in [0.25, 0.3) is 10.9 Å². The van der Waals surface area contributed by atoms with Crippen molar-refractivity contribution in [3.05, 3.63) is 60.0 Å². The molecule has 0 spiro atoms. The largest absolute Gasteiger partial charge is 0.486 e. The highest BCUT2D eigenvalue weighted by molar-refractivity contribution is 5.84. The number of nitrogens with one attached hydrogen (secondary N) is 1. The summed E-state index contributed by atoms with van der Waals surface area (Å²) in [6.07, 6.45) is 5.24. The molecule has 0 aliphatic carbocycles. The van der Waals surface area contributed by atoms with Crippen molar-refractivity contribution in [2.24, 2.45) is 7.05 Å². The van der Waals surface area contributed by atoms with Crippen molar-refractivity contribution in [2.45, 2.75) is 25.4 Å². The average Bonchev–Trinajstić information content (AvgIpc) is 2.99. The summed E-state index contributed by atoms with van der Waals surface area (Å²) in [5, 5.41) is 4.48. The van der Waals surface area contributed by atoms with Crippen molar-refractivity contribution in [2.75, 3.05) is 19.7 Å². The summed E-state index contributed by atoms with van der Waals surface area (Å²) < 4.78 is 27.3. The van der Waals surface area contributed by atoms with Crippen LogP contribution in [0, 0.1) is 5.82 Å². The van der Waals surface area contributed by atoms with Crippen LogP contribution < -0.4 is 14.8 Å². The SMILES string of the molecule is Cn1cc(CCCCNCC2COc3ccccc3O2)c2cc(F)ccc21. The van der Waals surface area contributed by atoms with Gasteiger partial charge in [0.1, 0.15) is 18.5 Å². The van der Waals surface area contributed by atoms with E-state index < -0.39 is 0 Å². The van der Waals surface area contributed by atoms with Crippen LogP contribution in [0.2, 0.25) is 0 Å². The number of hydrogen-bond acceptors (Lipinski definition) is 3. The molecule has 0 saturated heterocycles. The van der Waals surface area contributed by atoms with Crippen molar-refractivity contribution in [1.29, 1.82) is 0 Å². The van der Waals surface area contributed by atoms with Gasteiger partial charge in [0.25, 0.3) is 0 Å². The van der Waals surface area contributed by atoms with Crippen molar-refractivity contribution in [1.82, 2.24) is 9.88 Å². The lowest BCUT2D eigenvalue weighted by Crippen LogP contribution is -2.38. The van der Waals surface area contributed by atoms with E-state index in [0.29, 0.717) is 6.61 Å². The Morgan fingerprint density at radius 3 is 2.89 bits per heavy atom. The molecule has 3 aromatic rings. The summed E-state index contributed by atoms with van der Waals surface area (Å²) in [6.45, 7) is 2.28. The first kappa shape index (κ1) is 17.9. The third-order valence-corrected chi connectivity index (χ3v) is 5.02. The highest BCUT2D eigenvalue weighted by Crippen LogP contribution is 2.30. The van der Waals surface area contributed by atoms with Gasteiger partial charge in [0, 0.05) is 30.7 Å². The van der Waals surface area contributed by atoms with E-state index in [1.807, 2.05) is 37.4 Å². The van der Waals surface area contributed by atoms with Crippen molar-refractivity contribution >= 4 is 10.9 Å². The first-order chi connectivity index (χ1) is 13.2. The molecule has 1 aliphatic heterocycles. The molecule has 0 fully saturated rings. The maximum Gasteiger partial charge on any atom is 0.161 e. The monoisotopic (exact) mass is 368 g/mol. The Balaban J connectivity index is 1.20. The van der Waals surface area contributed by atoms with Gasteiger partial charge in [-0.05, 0) is 61.7 Å². The summed E-state index contributed by atoms with van der Waals surface area (Å²) in [6, 6.07) is 12.8. The van der Waals surface area contributed by atoms with Crippen LogP contribution in [-0.4, -0.2) is 30.4 Å². The lowest BCUT2D eigenvalue weighted by atomic mass is 10.1. The van der Waals surface area contributed by atoms with E-state index in [2.05, 4.69) is 16.1 Å². The Kier molecular flexibility index (Phi) is 5.30. The lowest BCUT2D eigenvalue weighted by molar-refractivity contribution is 0.0905. The Morgan fingerprint density at radius 2 is 2.00 bits per heavy atom. The molecule has 4 nitrogen and oxygen atoms in total. The Morgan fingerprint density at radius 1 is 1.15 bits per heavy atom. The second-order valence-corrected chi connectivity index (χ2v) is 7.09. The molecule has 0 amide bonds. The number of rotatable bonds is 7.